The summed E-state index contributed by atoms with van der Waals surface area (Å²) < 4.78 is 9.09. The SMILES string of the molecule is CCc1nn(CC)c(CN2C[C@@H](C)O[C@@H](C)C2)c1Br. The van der Waals surface area contributed by atoms with Crippen LogP contribution in [-0.4, -0.2) is 40.0 Å². The van der Waals surface area contributed by atoms with Crippen LogP contribution in [0.25, 0.3) is 0 Å². The molecule has 1 aromatic rings. The molecule has 1 saturated heterocycles. The molecular formula is C14H24BrN3O. The summed E-state index contributed by atoms with van der Waals surface area (Å²) in [5.74, 6) is 0. The van der Waals surface area contributed by atoms with Gasteiger partial charge in [-0.15, -0.1) is 0 Å². The Bertz CT molecular complexity index is 423. The van der Waals surface area contributed by atoms with Gasteiger partial charge in [0.15, 0.2) is 0 Å². The van der Waals surface area contributed by atoms with Gasteiger partial charge < -0.3 is 4.74 Å². The lowest BCUT2D eigenvalue weighted by Gasteiger charge is -2.35. The monoisotopic (exact) mass is 329 g/mol. The highest BCUT2D eigenvalue weighted by molar-refractivity contribution is 9.10. The van der Waals surface area contributed by atoms with Gasteiger partial charge in [-0.2, -0.15) is 5.10 Å². The van der Waals surface area contributed by atoms with E-state index in [-0.39, 0.29) is 0 Å². The Balaban J connectivity index is 2.16. The molecule has 0 bridgehead atoms. The zero-order valence-electron chi connectivity index (χ0n) is 12.3. The number of rotatable bonds is 4. The van der Waals surface area contributed by atoms with Gasteiger partial charge in [0, 0.05) is 26.2 Å². The largest absolute Gasteiger partial charge is 0.373 e. The van der Waals surface area contributed by atoms with Crippen molar-refractivity contribution >= 4 is 15.9 Å². The van der Waals surface area contributed by atoms with E-state index < -0.39 is 0 Å². The van der Waals surface area contributed by atoms with E-state index in [1.807, 2.05) is 0 Å². The van der Waals surface area contributed by atoms with Gasteiger partial charge in [-0.25, -0.2) is 0 Å². The van der Waals surface area contributed by atoms with E-state index in [1.54, 1.807) is 0 Å². The summed E-state index contributed by atoms with van der Waals surface area (Å²) in [6.45, 7) is 12.4. The number of aryl methyl sites for hydroxylation is 2. The van der Waals surface area contributed by atoms with Crippen LogP contribution in [0.15, 0.2) is 4.47 Å². The first-order chi connectivity index (χ1) is 9.05. The van der Waals surface area contributed by atoms with Gasteiger partial charge >= 0.3 is 0 Å². The van der Waals surface area contributed by atoms with Crippen LogP contribution in [-0.2, 0) is 24.2 Å². The molecule has 1 aliphatic rings. The van der Waals surface area contributed by atoms with E-state index >= 15 is 0 Å². The molecule has 0 amide bonds. The molecule has 0 saturated carbocycles. The highest BCUT2D eigenvalue weighted by Gasteiger charge is 2.24. The van der Waals surface area contributed by atoms with Gasteiger partial charge in [0.2, 0.25) is 0 Å². The molecule has 4 nitrogen and oxygen atoms in total. The molecule has 2 atom stereocenters. The van der Waals surface area contributed by atoms with Gasteiger partial charge in [0.1, 0.15) is 0 Å². The number of nitrogens with zero attached hydrogens (tertiary/aromatic N) is 3. The number of hydrogen-bond acceptors (Lipinski definition) is 3. The molecular weight excluding hydrogens is 306 g/mol. The first-order valence-electron chi connectivity index (χ1n) is 7.17. The molecule has 0 aromatic carbocycles. The van der Waals surface area contributed by atoms with Crippen LogP contribution in [0.5, 0.6) is 0 Å². The van der Waals surface area contributed by atoms with E-state index in [1.165, 1.54) is 10.2 Å². The molecule has 1 aliphatic heterocycles. The van der Waals surface area contributed by atoms with Crippen LogP contribution in [0.3, 0.4) is 0 Å². The maximum absolute atomic E-state index is 5.79. The van der Waals surface area contributed by atoms with Crippen molar-refractivity contribution in [1.29, 1.82) is 0 Å². The standard InChI is InChI=1S/C14H24BrN3O/c1-5-12-14(15)13(18(6-2)16-12)9-17-7-10(3)19-11(4)8-17/h10-11H,5-9H2,1-4H3/t10-,11+. The van der Waals surface area contributed by atoms with Gasteiger partial charge in [0.25, 0.3) is 0 Å². The minimum absolute atomic E-state index is 0.311. The Morgan fingerprint density at radius 1 is 1.26 bits per heavy atom. The summed E-state index contributed by atoms with van der Waals surface area (Å²) in [4.78, 5) is 2.46. The second-order valence-corrected chi connectivity index (χ2v) is 6.12. The summed E-state index contributed by atoms with van der Waals surface area (Å²) in [5, 5.41) is 4.66. The molecule has 19 heavy (non-hydrogen) atoms. The minimum atomic E-state index is 0.311. The van der Waals surface area contributed by atoms with Crippen molar-refractivity contribution in [2.45, 2.75) is 59.4 Å². The average Bonchev–Trinajstić information content (AvgIpc) is 2.65. The van der Waals surface area contributed by atoms with E-state index in [9.17, 15) is 0 Å². The zero-order chi connectivity index (χ0) is 14.0. The van der Waals surface area contributed by atoms with Crippen LogP contribution in [0.2, 0.25) is 0 Å². The first kappa shape index (κ1) is 15.0. The molecule has 1 fully saturated rings. The van der Waals surface area contributed by atoms with Gasteiger partial charge in [0.05, 0.1) is 28.1 Å². The van der Waals surface area contributed by atoms with Crippen molar-refractivity contribution in [2.75, 3.05) is 13.1 Å². The van der Waals surface area contributed by atoms with Crippen LogP contribution in [0, 0.1) is 0 Å². The highest BCUT2D eigenvalue weighted by Crippen LogP contribution is 2.25. The van der Waals surface area contributed by atoms with Gasteiger partial charge in [-0.1, -0.05) is 6.92 Å². The van der Waals surface area contributed by atoms with Crippen LogP contribution >= 0.6 is 15.9 Å². The zero-order valence-corrected chi connectivity index (χ0v) is 13.9. The van der Waals surface area contributed by atoms with E-state index in [2.05, 4.69) is 58.3 Å². The number of halogens is 1. The Labute approximate surface area is 124 Å². The fraction of sp³-hybridized carbons (Fsp3) is 0.786. The Hall–Kier alpha value is -0.390. The lowest BCUT2D eigenvalue weighted by molar-refractivity contribution is -0.0711. The van der Waals surface area contributed by atoms with Crippen molar-refractivity contribution in [3.63, 3.8) is 0 Å². The molecule has 0 spiro atoms. The van der Waals surface area contributed by atoms with E-state index in [0.29, 0.717) is 12.2 Å². The van der Waals surface area contributed by atoms with Crippen molar-refractivity contribution in [2.24, 2.45) is 0 Å². The van der Waals surface area contributed by atoms with Crippen LogP contribution in [0.4, 0.5) is 0 Å². The summed E-state index contributed by atoms with van der Waals surface area (Å²) in [7, 11) is 0. The fourth-order valence-corrected chi connectivity index (χ4v) is 3.48. The first-order valence-corrected chi connectivity index (χ1v) is 7.96. The normalized spacial score (nSPS) is 24.9. The Morgan fingerprint density at radius 2 is 1.89 bits per heavy atom. The van der Waals surface area contributed by atoms with Crippen molar-refractivity contribution < 1.29 is 4.74 Å². The van der Waals surface area contributed by atoms with Gasteiger partial charge in [-0.3, -0.25) is 9.58 Å². The molecule has 1 aromatic heterocycles. The number of ether oxygens (including phenoxy) is 1. The summed E-state index contributed by atoms with van der Waals surface area (Å²) >= 11 is 3.72. The van der Waals surface area contributed by atoms with Crippen molar-refractivity contribution in [3.05, 3.63) is 15.9 Å². The second kappa shape index (κ2) is 6.37. The third-order valence-corrected chi connectivity index (χ3v) is 4.48. The van der Waals surface area contributed by atoms with E-state index in [4.69, 9.17) is 4.74 Å². The topological polar surface area (TPSA) is 30.3 Å². The predicted octanol–water partition coefficient (Wildman–Crippen LogP) is 2.84. The predicted molar refractivity (Wildman–Crippen MR) is 80.3 cm³/mol. The number of morpholine rings is 1. The summed E-state index contributed by atoms with van der Waals surface area (Å²) in [6.07, 6.45) is 1.59. The van der Waals surface area contributed by atoms with Gasteiger partial charge in [-0.05, 0) is 43.1 Å². The van der Waals surface area contributed by atoms with Crippen molar-refractivity contribution in [1.82, 2.24) is 14.7 Å². The number of aromatic nitrogens is 2. The number of hydrogen-bond donors (Lipinski definition) is 0. The molecule has 0 aliphatic carbocycles. The highest BCUT2D eigenvalue weighted by atomic mass is 79.9. The molecule has 2 rings (SSSR count). The maximum Gasteiger partial charge on any atom is 0.0767 e. The van der Waals surface area contributed by atoms with Crippen molar-refractivity contribution in [3.8, 4) is 0 Å². The van der Waals surface area contributed by atoms with Crippen LogP contribution in [0.1, 0.15) is 39.1 Å². The molecule has 2 heterocycles. The molecule has 5 heteroatoms. The Morgan fingerprint density at radius 3 is 2.42 bits per heavy atom. The minimum Gasteiger partial charge on any atom is -0.373 e. The average molecular weight is 330 g/mol. The van der Waals surface area contributed by atoms with Crippen LogP contribution < -0.4 is 0 Å². The fourth-order valence-electron chi connectivity index (χ4n) is 2.79. The third-order valence-electron chi connectivity index (χ3n) is 3.56. The summed E-state index contributed by atoms with van der Waals surface area (Å²) in [5.41, 5.74) is 2.45. The second-order valence-electron chi connectivity index (χ2n) is 5.33. The molecule has 0 unspecified atom stereocenters. The Kier molecular flexibility index (Phi) is 5.03. The molecule has 0 radical (unpaired) electrons. The smallest absolute Gasteiger partial charge is 0.0767 e. The third kappa shape index (κ3) is 3.38. The molecule has 108 valence electrons. The maximum atomic E-state index is 5.79. The lowest BCUT2D eigenvalue weighted by Crippen LogP contribution is -2.45. The quantitative estimate of drug-likeness (QED) is 0.850. The molecule has 0 N–H and O–H groups in total. The lowest BCUT2D eigenvalue weighted by atomic mass is 10.2. The summed E-state index contributed by atoms with van der Waals surface area (Å²) in [6, 6.07) is 0. The van der Waals surface area contributed by atoms with E-state index in [0.717, 1.165) is 38.3 Å².